The van der Waals surface area contributed by atoms with Crippen molar-refractivity contribution in [2.75, 3.05) is 40.4 Å². The lowest BCUT2D eigenvalue weighted by Gasteiger charge is -2.21. The van der Waals surface area contributed by atoms with Crippen LogP contribution >= 0.6 is 0 Å². The molecule has 0 unspecified atom stereocenters. The predicted molar refractivity (Wildman–Crippen MR) is 179 cm³/mol. The highest BCUT2D eigenvalue weighted by molar-refractivity contribution is 5.97. The van der Waals surface area contributed by atoms with Gasteiger partial charge in [-0.1, -0.05) is 66.7 Å². The van der Waals surface area contributed by atoms with Crippen molar-refractivity contribution in [2.45, 2.75) is 62.1 Å². The Bertz CT molecular complexity index is 1550. The second-order valence-electron chi connectivity index (χ2n) is 12.8. The van der Waals surface area contributed by atoms with Gasteiger partial charge in [-0.15, -0.1) is 0 Å². The average molecular weight is 652 g/mol. The highest BCUT2D eigenvalue weighted by Gasteiger charge is 2.38. The molecule has 0 N–H and O–H groups in total. The summed E-state index contributed by atoms with van der Waals surface area (Å²) in [6.45, 7) is 1.96. The van der Waals surface area contributed by atoms with E-state index in [1.54, 1.807) is 0 Å². The summed E-state index contributed by atoms with van der Waals surface area (Å²) in [6, 6.07) is 23.8. The zero-order valence-corrected chi connectivity index (χ0v) is 27.3. The van der Waals surface area contributed by atoms with E-state index in [4.69, 9.17) is 33.9 Å². The van der Waals surface area contributed by atoms with E-state index in [0.717, 1.165) is 49.9 Å². The fourth-order valence-electron chi connectivity index (χ4n) is 6.88. The van der Waals surface area contributed by atoms with Gasteiger partial charge in [0.25, 0.3) is 0 Å². The first-order valence-corrected chi connectivity index (χ1v) is 16.7. The normalized spacial score (nSPS) is 27.2. The number of aliphatic imine (C=N–C) groups is 2. The van der Waals surface area contributed by atoms with Gasteiger partial charge in [0.1, 0.15) is 48.8 Å². The summed E-state index contributed by atoms with van der Waals surface area (Å²) in [5, 5.41) is 0. The molecule has 0 bridgehead atoms. The minimum absolute atomic E-state index is 0.0948. The van der Waals surface area contributed by atoms with E-state index in [1.165, 1.54) is 0 Å². The van der Waals surface area contributed by atoms with Gasteiger partial charge in [0.15, 0.2) is 12.2 Å². The van der Waals surface area contributed by atoms with E-state index in [-0.39, 0.29) is 37.2 Å². The van der Waals surface area contributed by atoms with Gasteiger partial charge in [-0.25, -0.2) is 15.0 Å². The lowest BCUT2D eigenvalue weighted by atomic mass is 10.0. The lowest BCUT2D eigenvalue weighted by molar-refractivity contribution is -0.150. The zero-order chi connectivity index (χ0) is 33.0. The first-order chi connectivity index (χ1) is 23.4. The van der Waals surface area contributed by atoms with E-state index in [2.05, 4.69) is 0 Å². The van der Waals surface area contributed by atoms with Crippen LogP contribution in [0.1, 0.15) is 60.4 Å². The van der Waals surface area contributed by atoms with E-state index in [1.807, 2.05) is 103 Å². The second-order valence-corrected chi connectivity index (χ2v) is 12.8. The standard InChI is InChI=1S/C37H41N5O6/c1-41-20-10-18-30(41)36(43)45-22-28-32(24-12-5-3-6-13-24)47-34(39-28)26-16-9-17-27(38-26)35-40-29(33(48-35)25-14-7-4-8-15-25)23-46-37(44)31-19-11-21-42(31)2/h3-9,12-17,28-33H,10-11,18-23H2,1-2H3/t28-,29-,30-,31-,32-,33-/m0/s1. The molecule has 3 aromatic rings. The van der Waals surface area contributed by atoms with E-state index in [9.17, 15) is 9.59 Å². The van der Waals surface area contributed by atoms with Crippen molar-refractivity contribution in [3.63, 3.8) is 0 Å². The van der Waals surface area contributed by atoms with Crippen molar-refractivity contribution in [2.24, 2.45) is 9.98 Å². The number of ether oxygens (including phenoxy) is 4. The number of rotatable bonds is 10. The third-order valence-electron chi connectivity index (χ3n) is 9.56. The smallest absolute Gasteiger partial charge is 0.323 e. The number of hydrogen-bond acceptors (Lipinski definition) is 11. The van der Waals surface area contributed by atoms with E-state index < -0.39 is 24.3 Å². The van der Waals surface area contributed by atoms with E-state index in [0.29, 0.717) is 23.2 Å². The minimum Gasteiger partial charge on any atom is -0.466 e. The fourth-order valence-corrected chi connectivity index (χ4v) is 6.88. The molecule has 2 fully saturated rings. The molecule has 0 spiro atoms. The lowest BCUT2D eigenvalue weighted by Crippen LogP contribution is -2.36. The summed E-state index contributed by atoms with van der Waals surface area (Å²) < 4.78 is 24.4. The number of hydrogen-bond donors (Lipinski definition) is 0. The van der Waals surface area contributed by atoms with Gasteiger partial charge in [0.2, 0.25) is 11.8 Å². The summed E-state index contributed by atoms with van der Waals surface area (Å²) in [4.78, 5) is 44.5. The fraction of sp³-hybridized carbons (Fsp3) is 0.432. The minimum atomic E-state index is -0.443. The SMILES string of the molecule is CN1CCC[C@H]1C(=O)OC[C@@H]1N=C(c2cccc(C3=N[C@@H](COC(=O)[C@@H]4CCCN4C)[C@H](c4ccccc4)O3)n2)O[C@H]1c1ccccc1. The molecule has 6 atom stereocenters. The average Bonchev–Trinajstić information content (AvgIpc) is 3.94. The summed E-state index contributed by atoms with van der Waals surface area (Å²) in [5.74, 6) is 0.249. The van der Waals surface area contributed by atoms with Gasteiger partial charge < -0.3 is 18.9 Å². The maximum atomic E-state index is 12.9. The summed E-state index contributed by atoms with van der Waals surface area (Å²) >= 11 is 0. The first-order valence-electron chi connectivity index (χ1n) is 16.7. The Morgan fingerprint density at radius 2 is 1.10 bits per heavy atom. The van der Waals surface area contributed by atoms with Crippen LogP contribution in [0.5, 0.6) is 0 Å². The number of nitrogens with zero attached hydrogens (tertiary/aromatic N) is 5. The van der Waals surface area contributed by atoms with Crippen LogP contribution in [0.25, 0.3) is 0 Å². The number of aromatic nitrogens is 1. The third kappa shape index (κ3) is 6.84. The summed E-state index contributed by atoms with van der Waals surface area (Å²) in [7, 11) is 3.90. The Balaban J connectivity index is 1.10. The van der Waals surface area contributed by atoms with Gasteiger partial charge in [-0.05, 0) is 76.1 Å². The van der Waals surface area contributed by atoms with Crippen molar-refractivity contribution in [1.82, 2.24) is 14.8 Å². The van der Waals surface area contributed by atoms with Crippen molar-refractivity contribution in [3.8, 4) is 0 Å². The van der Waals surface area contributed by atoms with Gasteiger partial charge in [-0.3, -0.25) is 19.4 Å². The van der Waals surface area contributed by atoms with Crippen LogP contribution in [-0.4, -0.2) is 103 Å². The van der Waals surface area contributed by atoms with E-state index >= 15 is 0 Å². The molecule has 0 amide bonds. The van der Waals surface area contributed by atoms with Crippen LogP contribution in [-0.2, 0) is 28.5 Å². The van der Waals surface area contributed by atoms with Gasteiger partial charge in [-0.2, -0.15) is 0 Å². The quantitative estimate of drug-likeness (QED) is 0.299. The monoisotopic (exact) mass is 651 g/mol. The van der Waals surface area contributed by atoms with Gasteiger partial charge in [0, 0.05) is 0 Å². The highest BCUT2D eigenvalue weighted by atomic mass is 16.6. The molecule has 5 heterocycles. The Kier molecular flexibility index (Phi) is 9.49. The molecule has 11 nitrogen and oxygen atoms in total. The number of pyridine rings is 1. The van der Waals surface area contributed by atoms with Crippen LogP contribution < -0.4 is 0 Å². The van der Waals surface area contributed by atoms with Crippen LogP contribution in [0.2, 0.25) is 0 Å². The Hall–Kier alpha value is -4.61. The predicted octanol–water partition coefficient (Wildman–Crippen LogP) is 4.13. The van der Waals surface area contributed by atoms with Crippen molar-refractivity contribution < 1.29 is 28.5 Å². The van der Waals surface area contributed by atoms with Crippen molar-refractivity contribution in [3.05, 3.63) is 101 Å². The van der Waals surface area contributed by atoms with Crippen LogP contribution in [0, 0.1) is 0 Å². The first kappa shape index (κ1) is 32.0. The summed E-state index contributed by atoms with van der Waals surface area (Å²) in [5.41, 5.74) is 2.89. The van der Waals surface area contributed by atoms with Crippen LogP contribution in [0.4, 0.5) is 0 Å². The second kappa shape index (κ2) is 14.2. The number of carbonyl (C=O) groups excluding carboxylic acids is 2. The molecule has 11 heteroatoms. The molecule has 0 radical (unpaired) electrons. The zero-order valence-electron chi connectivity index (χ0n) is 27.3. The maximum Gasteiger partial charge on any atom is 0.323 e. The topological polar surface area (TPSA) is 115 Å². The summed E-state index contributed by atoms with van der Waals surface area (Å²) in [6.07, 6.45) is 2.65. The molecular weight excluding hydrogens is 610 g/mol. The molecule has 0 aliphatic carbocycles. The molecule has 4 aliphatic heterocycles. The van der Waals surface area contributed by atoms with Gasteiger partial charge >= 0.3 is 11.9 Å². The molecule has 2 aromatic carbocycles. The molecule has 2 saturated heterocycles. The molecule has 1 aromatic heterocycles. The van der Waals surface area contributed by atoms with Crippen LogP contribution in [0.15, 0.2) is 88.8 Å². The third-order valence-corrected chi connectivity index (χ3v) is 9.56. The Labute approximate surface area is 280 Å². The molecule has 7 rings (SSSR count). The number of likely N-dealkylation sites (tertiary alicyclic amines) is 2. The number of benzene rings is 2. The molecule has 4 aliphatic rings. The molecule has 48 heavy (non-hydrogen) atoms. The molecular formula is C37H41N5O6. The Morgan fingerprint density at radius 3 is 1.50 bits per heavy atom. The largest absolute Gasteiger partial charge is 0.466 e. The highest BCUT2D eigenvalue weighted by Crippen LogP contribution is 2.34. The van der Waals surface area contributed by atoms with Gasteiger partial charge in [0.05, 0.1) is 0 Å². The molecule has 0 saturated carbocycles. The van der Waals surface area contributed by atoms with Crippen LogP contribution in [0.3, 0.4) is 0 Å². The van der Waals surface area contributed by atoms with Crippen molar-refractivity contribution in [1.29, 1.82) is 0 Å². The van der Waals surface area contributed by atoms with Crippen molar-refractivity contribution >= 4 is 23.7 Å². The molecule has 250 valence electrons. The number of carbonyl (C=O) groups is 2. The Morgan fingerprint density at radius 1 is 0.667 bits per heavy atom. The maximum absolute atomic E-state index is 12.9. The number of esters is 2. The number of likely N-dealkylation sites (N-methyl/N-ethyl adjacent to an activating group) is 2.